The molecule has 7 heteroatoms. The lowest BCUT2D eigenvalue weighted by molar-refractivity contribution is -0.117. The van der Waals surface area contributed by atoms with Gasteiger partial charge in [0.1, 0.15) is 11.9 Å². The van der Waals surface area contributed by atoms with E-state index >= 15 is 0 Å². The van der Waals surface area contributed by atoms with Gasteiger partial charge in [-0.05, 0) is 36.3 Å². The first-order chi connectivity index (χ1) is 11.6. The van der Waals surface area contributed by atoms with Crippen LogP contribution in [0.5, 0.6) is 0 Å². The minimum Gasteiger partial charge on any atom is -0.328 e. The van der Waals surface area contributed by atoms with Crippen LogP contribution >= 0.6 is 11.8 Å². The van der Waals surface area contributed by atoms with E-state index < -0.39 is 0 Å². The van der Waals surface area contributed by atoms with Crippen molar-refractivity contribution in [1.29, 1.82) is 0 Å². The molecule has 0 bridgehead atoms. The lowest BCUT2D eigenvalue weighted by Crippen LogP contribution is -2.33. The summed E-state index contributed by atoms with van der Waals surface area (Å²) in [4.78, 5) is 17.2. The molecule has 0 unspecified atom stereocenters. The van der Waals surface area contributed by atoms with Gasteiger partial charge < -0.3 is 5.32 Å². The average molecular weight is 344 g/mol. The molecule has 0 fully saturated rings. The smallest absolute Gasteiger partial charge is 0.227 e. The van der Waals surface area contributed by atoms with Crippen molar-refractivity contribution in [3.63, 3.8) is 0 Å². The summed E-state index contributed by atoms with van der Waals surface area (Å²) in [7, 11) is 0. The predicted molar refractivity (Wildman–Crippen MR) is 90.4 cm³/mol. The number of hydrogen-bond donors (Lipinski definition) is 1. The minimum absolute atomic E-state index is 0.123. The van der Waals surface area contributed by atoms with Gasteiger partial charge in [0.15, 0.2) is 5.78 Å². The van der Waals surface area contributed by atoms with Crippen LogP contribution in [-0.2, 0) is 4.79 Å². The van der Waals surface area contributed by atoms with Crippen LogP contribution in [0.25, 0.3) is 0 Å². The summed E-state index contributed by atoms with van der Waals surface area (Å²) in [6.07, 6.45) is 3.24. The molecule has 5 nitrogen and oxygen atoms in total. The molecule has 2 aromatic rings. The summed E-state index contributed by atoms with van der Waals surface area (Å²) < 4.78 is 15.1. The zero-order valence-electron chi connectivity index (χ0n) is 13.4. The monoisotopic (exact) mass is 344 g/mol. The molecule has 1 aromatic carbocycles. The first-order valence-electron chi connectivity index (χ1n) is 7.86. The van der Waals surface area contributed by atoms with E-state index in [1.54, 1.807) is 16.8 Å². The molecule has 24 heavy (non-hydrogen) atoms. The minimum atomic E-state index is -0.356. The maximum atomic E-state index is 13.3. The highest BCUT2D eigenvalue weighted by atomic mass is 32.2. The number of aromatic nitrogens is 3. The molecule has 124 valence electrons. The first-order valence-corrected chi connectivity index (χ1v) is 9.08. The van der Waals surface area contributed by atoms with E-state index in [2.05, 4.69) is 22.3 Å². The fourth-order valence-electron chi connectivity index (χ4n) is 3.43. The van der Waals surface area contributed by atoms with Gasteiger partial charge in [-0.3, -0.25) is 4.79 Å². The van der Waals surface area contributed by atoms with Gasteiger partial charge in [0, 0.05) is 17.7 Å². The van der Waals surface area contributed by atoms with E-state index in [-0.39, 0.29) is 17.6 Å². The van der Waals surface area contributed by atoms with Crippen LogP contribution < -0.4 is 5.32 Å². The Morgan fingerprint density at radius 1 is 1.29 bits per heavy atom. The SMILES string of the molecule is CSc1nc2n(n1)[C@@H](c1ccc(F)cc1)C1=C(C[C@H](C)CC1=O)N2. The van der Waals surface area contributed by atoms with Crippen LogP contribution in [0.2, 0.25) is 0 Å². The summed E-state index contributed by atoms with van der Waals surface area (Å²) in [6, 6.07) is 5.90. The van der Waals surface area contributed by atoms with Crippen molar-refractivity contribution in [3.8, 4) is 0 Å². The van der Waals surface area contributed by atoms with Gasteiger partial charge in [-0.25, -0.2) is 9.07 Å². The lowest BCUT2D eigenvalue weighted by Gasteiger charge is -2.34. The summed E-state index contributed by atoms with van der Waals surface area (Å²) >= 11 is 1.45. The Morgan fingerprint density at radius 3 is 2.75 bits per heavy atom. The Labute approximate surface area is 143 Å². The molecular weight excluding hydrogens is 327 g/mol. The highest BCUT2D eigenvalue weighted by Crippen LogP contribution is 2.41. The molecule has 1 N–H and O–H groups in total. The maximum Gasteiger partial charge on any atom is 0.227 e. The highest BCUT2D eigenvalue weighted by Gasteiger charge is 2.38. The second kappa shape index (κ2) is 5.73. The van der Waals surface area contributed by atoms with Crippen molar-refractivity contribution in [2.24, 2.45) is 5.92 Å². The van der Waals surface area contributed by atoms with E-state index in [1.807, 2.05) is 6.26 Å². The molecule has 0 saturated carbocycles. The van der Waals surface area contributed by atoms with E-state index in [1.165, 1.54) is 23.9 Å². The number of benzene rings is 1. The van der Waals surface area contributed by atoms with Crippen molar-refractivity contribution < 1.29 is 9.18 Å². The highest BCUT2D eigenvalue weighted by molar-refractivity contribution is 7.98. The fraction of sp³-hybridized carbons (Fsp3) is 0.353. The van der Waals surface area contributed by atoms with Gasteiger partial charge >= 0.3 is 0 Å². The van der Waals surface area contributed by atoms with Crippen LogP contribution in [0, 0.1) is 11.7 Å². The van der Waals surface area contributed by atoms with Crippen LogP contribution in [0.3, 0.4) is 0 Å². The van der Waals surface area contributed by atoms with Crippen LogP contribution in [0.4, 0.5) is 10.3 Å². The number of nitrogens with zero attached hydrogens (tertiary/aromatic N) is 3. The standard InChI is InChI=1S/C17H17FN4OS/c1-9-7-12-14(13(23)8-9)15(10-3-5-11(18)6-4-10)22-16(19-12)20-17(21-22)24-2/h3-6,9,15H,7-8H2,1-2H3,(H,19,20,21)/t9-,15-/m0/s1. The van der Waals surface area contributed by atoms with Crippen molar-refractivity contribution >= 4 is 23.5 Å². The molecule has 2 aliphatic rings. The number of fused-ring (bicyclic) bond motifs is 1. The summed E-state index contributed by atoms with van der Waals surface area (Å²) in [5.41, 5.74) is 2.48. The molecule has 2 heterocycles. The zero-order valence-corrected chi connectivity index (χ0v) is 14.2. The third-order valence-electron chi connectivity index (χ3n) is 4.47. The van der Waals surface area contributed by atoms with Crippen LogP contribution in [-0.4, -0.2) is 26.8 Å². The van der Waals surface area contributed by atoms with Crippen molar-refractivity contribution in [2.45, 2.75) is 31.0 Å². The van der Waals surface area contributed by atoms with Gasteiger partial charge in [-0.2, -0.15) is 4.98 Å². The molecular formula is C17H17FN4OS. The maximum absolute atomic E-state index is 13.3. The first kappa shape index (κ1) is 15.4. The van der Waals surface area contributed by atoms with Crippen LogP contribution in [0.1, 0.15) is 31.4 Å². The number of allylic oxidation sites excluding steroid dienone is 2. The Balaban J connectivity index is 1.90. The Morgan fingerprint density at radius 2 is 2.04 bits per heavy atom. The number of hydrogen-bond acceptors (Lipinski definition) is 5. The third-order valence-corrected chi connectivity index (χ3v) is 5.01. The number of thioether (sulfide) groups is 1. The van der Waals surface area contributed by atoms with E-state index in [0.29, 0.717) is 23.4 Å². The average Bonchev–Trinajstić information content (AvgIpc) is 2.96. The van der Waals surface area contributed by atoms with Gasteiger partial charge in [0.25, 0.3) is 0 Å². The van der Waals surface area contributed by atoms with Gasteiger partial charge in [0.05, 0.1) is 0 Å². The number of ketones is 1. The Hall–Kier alpha value is -2.15. The predicted octanol–water partition coefficient (Wildman–Crippen LogP) is 3.41. The van der Waals surface area contributed by atoms with E-state index in [9.17, 15) is 9.18 Å². The number of carbonyl (C=O) groups is 1. The number of anilines is 1. The molecule has 0 spiro atoms. The van der Waals surface area contributed by atoms with Crippen molar-refractivity contribution in [2.75, 3.05) is 11.6 Å². The van der Waals surface area contributed by atoms with E-state index in [4.69, 9.17) is 0 Å². The van der Waals surface area contributed by atoms with Gasteiger partial charge in [0.2, 0.25) is 11.1 Å². The summed E-state index contributed by atoms with van der Waals surface area (Å²) in [5.74, 6) is 0.757. The lowest BCUT2D eigenvalue weighted by atomic mass is 9.81. The number of rotatable bonds is 2. The molecule has 1 aromatic heterocycles. The molecule has 1 aliphatic carbocycles. The summed E-state index contributed by atoms with van der Waals surface area (Å²) in [6.45, 7) is 2.07. The van der Waals surface area contributed by atoms with E-state index in [0.717, 1.165) is 23.3 Å². The Kier molecular flexibility index (Phi) is 3.68. The topological polar surface area (TPSA) is 59.8 Å². The molecule has 0 saturated heterocycles. The molecule has 4 rings (SSSR count). The second-order valence-corrected chi connectivity index (χ2v) is 7.05. The Bertz CT molecular complexity index is 843. The quantitative estimate of drug-likeness (QED) is 0.846. The molecule has 0 radical (unpaired) electrons. The van der Waals surface area contributed by atoms with Crippen molar-refractivity contribution in [3.05, 3.63) is 46.9 Å². The third kappa shape index (κ3) is 2.43. The number of halogens is 1. The number of Topliss-reactive ketones (excluding diaryl/α,β-unsaturated/α-hetero) is 1. The van der Waals surface area contributed by atoms with Gasteiger partial charge in [-0.15, -0.1) is 5.10 Å². The number of carbonyl (C=O) groups excluding carboxylic acids is 1. The summed E-state index contributed by atoms with van der Waals surface area (Å²) in [5, 5.41) is 8.45. The molecule has 2 atom stereocenters. The largest absolute Gasteiger partial charge is 0.328 e. The fourth-order valence-corrected chi connectivity index (χ4v) is 3.77. The zero-order chi connectivity index (χ0) is 16.8. The molecule has 1 aliphatic heterocycles. The van der Waals surface area contributed by atoms with Gasteiger partial charge in [-0.1, -0.05) is 30.8 Å². The van der Waals surface area contributed by atoms with Crippen molar-refractivity contribution in [1.82, 2.24) is 14.8 Å². The molecule has 0 amide bonds. The second-order valence-electron chi connectivity index (χ2n) is 6.27. The number of nitrogens with one attached hydrogen (secondary N) is 1. The normalized spacial score (nSPS) is 22.9. The van der Waals surface area contributed by atoms with Crippen LogP contribution in [0.15, 0.2) is 40.7 Å².